The van der Waals surface area contributed by atoms with Crippen molar-refractivity contribution in [3.63, 3.8) is 0 Å². The fourth-order valence-corrected chi connectivity index (χ4v) is 10.7. The van der Waals surface area contributed by atoms with Gasteiger partial charge in [-0.1, -0.05) is 89.7 Å². The summed E-state index contributed by atoms with van der Waals surface area (Å²) in [6.45, 7) is 17.7. The average Bonchev–Trinajstić information content (AvgIpc) is 3.59. The second-order valence-electron chi connectivity index (χ2n) is 16.8. The average molecular weight is 704 g/mol. The molecule has 1 spiro atoms. The Morgan fingerprint density at radius 2 is 1.42 bits per heavy atom. The van der Waals surface area contributed by atoms with E-state index in [4.69, 9.17) is 20.8 Å². The number of rotatable bonds is 4. The highest BCUT2D eigenvalue weighted by Crippen LogP contribution is 2.67. The molecule has 9 rings (SSSR count). The van der Waals surface area contributed by atoms with Gasteiger partial charge in [-0.25, -0.2) is 6.57 Å². The number of ether oxygens (including phenoxy) is 3. The number of fused-ring (bicyclic) bond motifs is 11. The van der Waals surface area contributed by atoms with Crippen LogP contribution in [0.5, 0.6) is 17.2 Å². The van der Waals surface area contributed by atoms with Crippen LogP contribution >= 0.6 is 0 Å². The quantitative estimate of drug-likeness (QED) is 0.189. The summed E-state index contributed by atoms with van der Waals surface area (Å²) in [7, 11) is 5.39. The molecule has 1 unspecified atom stereocenters. The molecule has 5 aromatic rings. The molecular weight excluding hydrogens is 655 g/mol. The number of nitrogens with zero attached hydrogens (tertiary/aromatic N) is 2. The smallest absolute Gasteiger partial charge is 0.379 e. The third-order valence-electron chi connectivity index (χ3n) is 12.1. The highest BCUT2D eigenvalue weighted by molar-refractivity contribution is 6.11. The van der Waals surface area contributed by atoms with Crippen LogP contribution in [-0.4, -0.2) is 27.6 Å². The molecule has 0 saturated heterocycles. The van der Waals surface area contributed by atoms with Gasteiger partial charge in [0.05, 0.1) is 25.6 Å². The zero-order valence-corrected chi connectivity index (χ0v) is 31.1. The van der Waals surface area contributed by atoms with Gasteiger partial charge in [0.25, 0.3) is 0 Å². The van der Waals surface area contributed by atoms with Crippen LogP contribution in [0.2, 0.25) is 0 Å². The van der Waals surface area contributed by atoms with Gasteiger partial charge in [-0.15, -0.1) is 0 Å². The number of anilines is 2. The summed E-state index contributed by atoms with van der Waals surface area (Å²) in [6.07, 6.45) is 7.41. The maximum Gasteiger partial charge on any atom is 0.379 e. The van der Waals surface area contributed by atoms with Gasteiger partial charge in [-0.2, -0.15) is 0 Å². The topological polar surface area (TPSA) is 47.3 Å². The van der Waals surface area contributed by atoms with Crippen LogP contribution in [0.25, 0.3) is 32.8 Å². The summed E-state index contributed by atoms with van der Waals surface area (Å²) in [4.78, 5) is 5.95. The zero-order valence-electron chi connectivity index (χ0n) is 31.1. The first kappa shape index (κ1) is 34.7. The Kier molecular flexibility index (Phi) is 7.72. The molecule has 1 saturated carbocycles. The van der Waals surface area contributed by atoms with Gasteiger partial charge in [0.2, 0.25) is 0 Å². The van der Waals surface area contributed by atoms with Crippen LogP contribution in [0, 0.1) is 17.4 Å². The summed E-state index contributed by atoms with van der Waals surface area (Å²) in [5, 5.41) is 5.67. The van der Waals surface area contributed by atoms with E-state index in [0.717, 1.165) is 68.9 Å². The number of methoxy groups -OCH3 is 2. The summed E-state index contributed by atoms with van der Waals surface area (Å²) < 4.78 is 18.8. The molecule has 2 heterocycles. The van der Waals surface area contributed by atoms with Gasteiger partial charge >= 0.3 is 6.29 Å². The molecule has 2 aliphatic carbocycles. The molecule has 0 aromatic heterocycles. The molecule has 1 N–H and O–H groups in total. The third-order valence-corrected chi connectivity index (χ3v) is 12.1. The normalized spacial score (nSPS) is 20.2. The van der Waals surface area contributed by atoms with E-state index in [9.17, 15) is 0 Å². The Bertz CT molecular complexity index is 2280. The summed E-state index contributed by atoms with van der Waals surface area (Å²) in [5.41, 5.74) is 9.64. The van der Waals surface area contributed by atoms with E-state index in [1.165, 1.54) is 28.7 Å². The molecule has 0 amide bonds. The molecule has 5 aromatic carbocycles. The van der Waals surface area contributed by atoms with Gasteiger partial charge < -0.3 is 14.2 Å². The molecule has 4 aliphatic rings. The van der Waals surface area contributed by atoms with E-state index in [0.29, 0.717) is 0 Å². The van der Waals surface area contributed by atoms with Crippen molar-refractivity contribution in [2.24, 2.45) is 10.8 Å². The van der Waals surface area contributed by atoms with E-state index in [1.54, 1.807) is 14.2 Å². The highest BCUT2D eigenvalue weighted by atomic mass is 16.5. The lowest BCUT2D eigenvalue weighted by atomic mass is 9.52. The Balaban J connectivity index is 0.00000400. The SMILES string of the molecule is C.[C-]#[N+]C1Nc2cc3c4c(c5c(c3cc2N1C)-c1ccccc1C51CC(C)(C)CC(C)(C)C1)C=CC(c1ccc(OC)cc1)(c1ccc(OC)cc1)O4. The molecule has 1 atom stereocenters. The fraction of sp³-hybridized carbons (Fsp3) is 0.340. The highest BCUT2D eigenvalue weighted by Gasteiger charge is 2.55. The van der Waals surface area contributed by atoms with Crippen LogP contribution in [0.4, 0.5) is 11.4 Å². The van der Waals surface area contributed by atoms with Crippen LogP contribution in [0.3, 0.4) is 0 Å². The van der Waals surface area contributed by atoms with E-state index in [2.05, 4.69) is 116 Å². The first-order valence-corrected chi connectivity index (χ1v) is 18.2. The standard InChI is InChI=1S/C46H45N3O3.CH4/c1-43(2)25-44(3,4)27-45(26-43)36-12-10-9-11-32(36)39-34-24-38-37(48-42(47-5)49(38)6)23-35(34)41-33(40(39)45)21-22-46(52-41,28-13-17-30(50-7)18-14-28)29-15-19-31(51-8)20-16-29;/h9-24,42,48H,25-27H2,1-4,6-8H3;1H4. The van der Waals surface area contributed by atoms with E-state index in [-0.39, 0.29) is 23.7 Å². The summed E-state index contributed by atoms with van der Waals surface area (Å²) >= 11 is 0. The Labute approximate surface area is 314 Å². The molecule has 53 heavy (non-hydrogen) atoms. The first-order chi connectivity index (χ1) is 24.9. The van der Waals surface area contributed by atoms with Crippen molar-refractivity contribution in [2.75, 3.05) is 31.5 Å². The van der Waals surface area contributed by atoms with Gasteiger partial charge in [0.15, 0.2) is 5.60 Å². The summed E-state index contributed by atoms with van der Waals surface area (Å²) in [5.74, 6) is 2.45. The molecule has 270 valence electrons. The first-order valence-electron chi connectivity index (χ1n) is 18.2. The molecule has 2 aliphatic heterocycles. The van der Waals surface area contributed by atoms with E-state index < -0.39 is 11.9 Å². The van der Waals surface area contributed by atoms with Crippen molar-refractivity contribution in [2.45, 2.75) is 71.7 Å². The van der Waals surface area contributed by atoms with Crippen molar-refractivity contribution in [1.29, 1.82) is 0 Å². The van der Waals surface area contributed by atoms with E-state index in [1.807, 2.05) is 31.3 Å². The van der Waals surface area contributed by atoms with Gasteiger partial charge in [-0.3, -0.25) is 15.1 Å². The van der Waals surface area contributed by atoms with Gasteiger partial charge in [0, 0.05) is 34.5 Å². The second-order valence-corrected chi connectivity index (χ2v) is 16.8. The van der Waals surface area contributed by atoms with Crippen LogP contribution in [0.1, 0.15) is 82.2 Å². The minimum atomic E-state index is -0.932. The third kappa shape index (κ3) is 4.97. The zero-order chi connectivity index (χ0) is 36.2. The molecule has 0 bridgehead atoms. The lowest BCUT2D eigenvalue weighted by Crippen LogP contribution is -2.44. The van der Waals surface area contributed by atoms with E-state index >= 15 is 0 Å². The lowest BCUT2D eigenvalue weighted by molar-refractivity contribution is 0.0642. The molecule has 6 nitrogen and oxygen atoms in total. The molecule has 0 radical (unpaired) electrons. The Morgan fingerprint density at radius 1 is 0.811 bits per heavy atom. The fourth-order valence-electron chi connectivity index (χ4n) is 10.7. The minimum absolute atomic E-state index is 0. The van der Waals surface area contributed by atoms with Crippen LogP contribution < -0.4 is 24.4 Å². The second kappa shape index (κ2) is 11.8. The maximum absolute atomic E-state index is 7.93. The van der Waals surface area contributed by atoms with Gasteiger partial charge in [-0.05, 0) is 100 Å². The predicted molar refractivity (Wildman–Crippen MR) is 217 cm³/mol. The monoisotopic (exact) mass is 703 g/mol. The van der Waals surface area contributed by atoms with Crippen LogP contribution in [0.15, 0.2) is 91.0 Å². The number of nitrogens with one attached hydrogen (secondary N) is 1. The maximum atomic E-state index is 7.93. The Morgan fingerprint density at radius 3 is 2.00 bits per heavy atom. The largest absolute Gasteiger partial charge is 0.497 e. The number of hydrogen-bond acceptors (Lipinski definition) is 5. The summed E-state index contributed by atoms with van der Waals surface area (Å²) in [6, 6.07) is 30.1. The van der Waals surface area contributed by atoms with Crippen molar-refractivity contribution in [3.8, 4) is 28.4 Å². The van der Waals surface area contributed by atoms with Crippen LogP contribution in [-0.2, 0) is 11.0 Å². The van der Waals surface area contributed by atoms with Crippen molar-refractivity contribution >= 4 is 28.2 Å². The van der Waals surface area contributed by atoms with Crippen molar-refractivity contribution in [3.05, 3.63) is 130 Å². The predicted octanol–water partition coefficient (Wildman–Crippen LogP) is 11.4. The number of benzene rings is 5. The molecule has 1 fully saturated rings. The van der Waals surface area contributed by atoms with Gasteiger partial charge in [0.1, 0.15) is 17.2 Å². The van der Waals surface area contributed by atoms with Crippen molar-refractivity contribution in [1.82, 2.24) is 0 Å². The Hall–Kier alpha value is -5.41. The lowest BCUT2D eigenvalue weighted by Gasteiger charge is -2.52. The molecular formula is C47H49N3O3. The molecule has 6 heteroatoms. The number of hydrogen-bond donors (Lipinski definition) is 1. The minimum Gasteiger partial charge on any atom is -0.497 e. The van der Waals surface area contributed by atoms with Crippen molar-refractivity contribution < 1.29 is 14.2 Å².